The molecule has 0 aliphatic carbocycles. The first kappa shape index (κ1) is 21.5. The van der Waals surface area contributed by atoms with Crippen molar-refractivity contribution in [3.05, 3.63) is 113 Å². The molecule has 6 heteroatoms. The smallest absolute Gasteiger partial charge is 0.255 e. The second kappa shape index (κ2) is 10.6. The van der Waals surface area contributed by atoms with Gasteiger partial charge in [-0.1, -0.05) is 60.1 Å². The molecule has 160 valence electrons. The Labute approximate surface area is 192 Å². The molecule has 0 saturated heterocycles. The summed E-state index contributed by atoms with van der Waals surface area (Å²) in [6.45, 7) is 1.03. The molecule has 0 saturated carbocycles. The third kappa shape index (κ3) is 5.71. The number of hydrogen-bond donors (Lipinski definition) is 2. The van der Waals surface area contributed by atoms with E-state index in [1.165, 1.54) is 0 Å². The minimum atomic E-state index is -0.185. The Balaban J connectivity index is 1.52. The Morgan fingerprint density at radius 3 is 2.44 bits per heavy atom. The third-order valence-electron chi connectivity index (χ3n) is 5.00. The van der Waals surface area contributed by atoms with E-state index in [2.05, 4.69) is 15.6 Å². The van der Waals surface area contributed by atoms with E-state index in [1.54, 1.807) is 12.4 Å². The maximum Gasteiger partial charge on any atom is 0.255 e. The maximum absolute atomic E-state index is 12.9. The number of amides is 1. The molecule has 0 radical (unpaired) electrons. The normalized spacial score (nSPS) is 10.5. The summed E-state index contributed by atoms with van der Waals surface area (Å²) in [6, 6.07) is 25.1. The summed E-state index contributed by atoms with van der Waals surface area (Å²) in [5.41, 5.74) is 4.40. The molecular formula is C26H23ClN4O. The summed E-state index contributed by atoms with van der Waals surface area (Å²) >= 11 is 5.97. The molecular weight excluding hydrogens is 420 g/mol. The molecule has 1 amide bonds. The fourth-order valence-corrected chi connectivity index (χ4v) is 3.43. The highest BCUT2D eigenvalue weighted by Crippen LogP contribution is 2.22. The average Bonchev–Trinajstić information content (AvgIpc) is 2.85. The molecule has 5 nitrogen and oxygen atoms in total. The lowest BCUT2D eigenvalue weighted by atomic mass is 10.1. The summed E-state index contributed by atoms with van der Waals surface area (Å²) in [5, 5.41) is 7.02. The molecule has 0 bridgehead atoms. The zero-order chi connectivity index (χ0) is 22.2. The molecule has 4 aromatic rings. The third-order valence-corrected chi connectivity index (χ3v) is 5.26. The van der Waals surface area contributed by atoms with E-state index in [4.69, 9.17) is 16.6 Å². The zero-order valence-corrected chi connectivity index (χ0v) is 18.2. The molecule has 0 atom stereocenters. The Morgan fingerprint density at radius 1 is 0.875 bits per heavy atom. The lowest BCUT2D eigenvalue weighted by Crippen LogP contribution is -2.24. The van der Waals surface area contributed by atoms with Gasteiger partial charge in [0, 0.05) is 36.1 Å². The number of nitrogens with zero attached hydrogens (tertiary/aromatic N) is 2. The quantitative estimate of drug-likeness (QED) is 0.384. The van der Waals surface area contributed by atoms with Crippen LogP contribution in [0.2, 0.25) is 5.02 Å². The molecule has 2 heterocycles. The van der Waals surface area contributed by atoms with Gasteiger partial charge in [-0.15, -0.1) is 0 Å². The monoisotopic (exact) mass is 442 g/mol. The molecule has 0 aliphatic heterocycles. The number of aromatic nitrogens is 2. The summed E-state index contributed by atoms with van der Waals surface area (Å²) in [6.07, 6.45) is 4.23. The van der Waals surface area contributed by atoms with Gasteiger partial charge in [-0.25, -0.2) is 4.98 Å². The minimum absolute atomic E-state index is 0.185. The predicted octanol–water partition coefficient (Wildman–Crippen LogP) is 5.38. The molecule has 32 heavy (non-hydrogen) atoms. The van der Waals surface area contributed by atoms with Crippen molar-refractivity contribution in [2.45, 2.75) is 13.0 Å². The van der Waals surface area contributed by atoms with Crippen LogP contribution in [0, 0.1) is 0 Å². The van der Waals surface area contributed by atoms with Crippen molar-refractivity contribution in [1.29, 1.82) is 0 Å². The van der Waals surface area contributed by atoms with Crippen LogP contribution >= 0.6 is 11.6 Å². The van der Waals surface area contributed by atoms with E-state index in [0.29, 0.717) is 29.5 Å². The molecule has 0 fully saturated rings. The maximum atomic E-state index is 12.9. The minimum Gasteiger partial charge on any atom is -0.369 e. The van der Waals surface area contributed by atoms with Crippen molar-refractivity contribution in [2.75, 3.05) is 11.9 Å². The molecule has 2 aromatic carbocycles. The summed E-state index contributed by atoms with van der Waals surface area (Å²) in [5.74, 6) is 0.374. The molecule has 2 aromatic heterocycles. The van der Waals surface area contributed by atoms with E-state index in [9.17, 15) is 4.79 Å². The first-order valence-electron chi connectivity index (χ1n) is 10.4. The second-order valence-electron chi connectivity index (χ2n) is 7.31. The number of carbonyl (C=O) groups is 1. The van der Waals surface area contributed by atoms with Crippen molar-refractivity contribution < 1.29 is 4.79 Å². The van der Waals surface area contributed by atoms with Crippen LogP contribution in [0.5, 0.6) is 0 Å². The van der Waals surface area contributed by atoms with Crippen molar-refractivity contribution in [3.8, 4) is 11.3 Å². The molecule has 0 aliphatic rings. The van der Waals surface area contributed by atoms with Gasteiger partial charge in [-0.3, -0.25) is 9.78 Å². The van der Waals surface area contributed by atoms with E-state index in [-0.39, 0.29) is 5.91 Å². The zero-order valence-electron chi connectivity index (χ0n) is 17.5. The topological polar surface area (TPSA) is 66.9 Å². The van der Waals surface area contributed by atoms with Crippen LogP contribution in [0.4, 0.5) is 5.82 Å². The van der Waals surface area contributed by atoms with Crippen LogP contribution in [0.1, 0.15) is 21.5 Å². The number of benzene rings is 2. The highest BCUT2D eigenvalue weighted by molar-refractivity contribution is 6.30. The first-order valence-corrected chi connectivity index (χ1v) is 10.8. The van der Waals surface area contributed by atoms with Gasteiger partial charge in [0.1, 0.15) is 5.82 Å². The Hall–Kier alpha value is -3.70. The van der Waals surface area contributed by atoms with Crippen molar-refractivity contribution >= 4 is 23.3 Å². The van der Waals surface area contributed by atoms with Crippen LogP contribution < -0.4 is 10.6 Å². The fourth-order valence-electron chi connectivity index (χ4n) is 3.30. The van der Waals surface area contributed by atoms with Crippen molar-refractivity contribution in [3.63, 3.8) is 0 Å². The Morgan fingerprint density at radius 2 is 1.69 bits per heavy atom. The van der Waals surface area contributed by atoms with Gasteiger partial charge >= 0.3 is 0 Å². The summed E-state index contributed by atoms with van der Waals surface area (Å²) in [4.78, 5) is 21.8. The van der Waals surface area contributed by atoms with Gasteiger partial charge in [0.25, 0.3) is 5.91 Å². The number of hydrogen-bond acceptors (Lipinski definition) is 4. The first-order chi connectivity index (χ1) is 15.7. The van der Waals surface area contributed by atoms with Gasteiger partial charge < -0.3 is 10.6 Å². The lowest BCUT2D eigenvalue weighted by Gasteiger charge is -2.13. The molecule has 0 spiro atoms. The Bertz CT molecular complexity index is 1170. The van der Waals surface area contributed by atoms with E-state index >= 15 is 0 Å². The largest absolute Gasteiger partial charge is 0.369 e. The highest BCUT2D eigenvalue weighted by atomic mass is 35.5. The summed E-state index contributed by atoms with van der Waals surface area (Å²) < 4.78 is 0. The lowest BCUT2D eigenvalue weighted by molar-refractivity contribution is 0.0951. The average molecular weight is 443 g/mol. The van der Waals surface area contributed by atoms with E-state index in [0.717, 1.165) is 28.8 Å². The summed E-state index contributed by atoms with van der Waals surface area (Å²) in [7, 11) is 0. The fraction of sp³-hybridized carbons (Fsp3) is 0.115. The van der Waals surface area contributed by atoms with Crippen LogP contribution in [0.25, 0.3) is 11.3 Å². The number of anilines is 1. The van der Waals surface area contributed by atoms with Crippen molar-refractivity contribution in [2.24, 2.45) is 0 Å². The van der Waals surface area contributed by atoms with E-state index in [1.807, 2.05) is 78.9 Å². The van der Waals surface area contributed by atoms with Gasteiger partial charge in [-0.2, -0.15) is 0 Å². The SMILES string of the molecule is O=C(NCc1cccnc1)c1ccc(-c2ccccc2)nc1NCCc1ccc(Cl)cc1. The van der Waals surface area contributed by atoms with Gasteiger partial charge in [0.05, 0.1) is 11.3 Å². The molecule has 0 unspecified atom stereocenters. The molecule has 4 rings (SSSR count). The number of pyridine rings is 2. The predicted molar refractivity (Wildman–Crippen MR) is 129 cm³/mol. The standard InChI is InChI=1S/C26H23ClN4O/c27-22-10-8-19(9-11-22)14-16-29-25-23(26(32)30-18-20-5-4-15-28-17-20)12-13-24(31-25)21-6-2-1-3-7-21/h1-13,15,17H,14,16,18H2,(H,29,31)(H,30,32). The second-order valence-corrected chi connectivity index (χ2v) is 7.74. The Kier molecular flexibility index (Phi) is 7.10. The number of rotatable bonds is 8. The van der Waals surface area contributed by atoms with E-state index < -0.39 is 0 Å². The van der Waals surface area contributed by atoms with Gasteiger partial charge in [-0.05, 0) is 47.9 Å². The highest BCUT2D eigenvalue weighted by Gasteiger charge is 2.14. The number of halogens is 1. The van der Waals surface area contributed by atoms with Crippen LogP contribution in [0.3, 0.4) is 0 Å². The van der Waals surface area contributed by atoms with Crippen LogP contribution in [-0.4, -0.2) is 22.4 Å². The van der Waals surface area contributed by atoms with Crippen LogP contribution in [-0.2, 0) is 13.0 Å². The number of carbonyl (C=O) groups excluding carboxylic acids is 1. The van der Waals surface area contributed by atoms with Crippen molar-refractivity contribution in [1.82, 2.24) is 15.3 Å². The number of nitrogens with one attached hydrogen (secondary N) is 2. The van der Waals surface area contributed by atoms with Gasteiger partial charge in [0.15, 0.2) is 0 Å². The van der Waals surface area contributed by atoms with Crippen LogP contribution in [0.15, 0.2) is 91.3 Å². The molecule has 2 N–H and O–H groups in total. The van der Waals surface area contributed by atoms with Gasteiger partial charge in [0.2, 0.25) is 0 Å².